The lowest BCUT2D eigenvalue weighted by Gasteiger charge is -2.42. The fraction of sp³-hybridized carbons (Fsp3) is 1.00. The first-order valence-electron chi connectivity index (χ1n) is 5.82. The standard InChI is InChI=1S/C13H26/c1-7-13(6)10(2)8-9-11(13)12(3,4)5/h10-11H,7-9H2,1-6H3. The van der Waals surface area contributed by atoms with Crippen molar-refractivity contribution in [2.45, 2.75) is 60.8 Å². The molecule has 0 nitrogen and oxygen atoms in total. The molecule has 1 fully saturated rings. The van der Waals surface area contributed by atoms with E-state index in [4.69, 9.17) is 0 Å². The Hall–Kier alpha value is 0. The molecule has 0 aliphatic heterocycles. The summed E-state index contributed by atoms with van der Waals surface area (Å²) in [5.74, 6) is 1.83. The Labute approximate surface area is 84.1 Å². The third-order valence-electron chi connectivity index (χ3n) is 4.62. The molecule has 3 unspecified atom stereocenters. The maximum atomic E-state index is 2.50. The Balaban J connectivity index is 2.88. The Morgan fingerprint density at radius 2 is 1.77 bits per heavy atom. The summed E-state index contributed by atoms with van der Waals surface area (Å²) in [6.07, 6.45) is 4.22. The van der Waals surface area contributed by atoms with E-state index in [9.17, 15) is 0 Å². The lowest BCUT2D eigenvalue weighted by atomic mass is 9.63. The molecule has 1 rings (SSSR count). The Bertz CT molecular complexity index is 175. The van der Waals surface area contributed by atoms with Gasteiger partial charge in [0, 0.05) is 0 Å². The predicted molar refractivity (Wildman–Crippen MR) is 59.7 cm³/mol. The lowest BCUT2D eigenvalue weighted by molar-refractivity contribution is 0.0704. The summed E-state index contributed by atoms with van der Waals surface area (Å²) in [7, 11) is 0. The van der Waals surface area contributed by atoms with Gasteiger partial charge in [-0.15, -0.1) is 0 Å². The second-order valence-corrected chi connectivity index (χ2v) is 6.26. The van der Waals surface area contributed by atoms with Gasteiger partial charge in [-0.3, -0.25) is 0 Å². The lowest BCUT2D eigenvalue weighted by Crippen LogP contribution is -2.34. The van der Waals surface area contributed by atoms with Gasteiger partial charge in [-0.1, -0.05) is 48.0 Å². The summed E-state index contributed by atoms with van der Waals surface area (Å²) < 4.78 is 0. The second-order valence-electron chi connectivity index (χ2n) is 6.26. The van der Waals surface area contributed by atoms with Crippen LogP contribution in [0.2, 0.25) is 0 Å². The van der Waals surface area contributed by atoms with E-state index in [2.05, 4.69) is 41.5 Å². The van der Waals surface area contributed by atoms with Crippen molar-refractivity contribution < 1.29 is 0 Å². The van der Waals surface area contributed by atoms with Gasteiger partial charge < -0.3 is 0 Å². The number of rotatable bonds is 1. The van der Waals surface area contributed by atoms with Crippen molar-refractivity contribution in [1.82, 2.24) is 0 Å². The zero-order valence-electron chi connectivity index (χ0n) is 10.3. The van der Waals surface area contributed by atoms with Gasteiger partial charge in [-0.05, 0) is 35.5 Å². The van der Waals surface area contributed by atoms with Crippen LogP contribution in [0.15, 0.2) is 0 Å². The average molecular weight is 182 g/mol. The monoisotopic (exact) mass is 182 g/mol. The van der Waals surface area contributed by atoms with Crippen molar-refractivity contribution in [2.75, 3.05) is 0 Å². The van der Waals surface area contributed by atoms with Crippen LogP contribution in [0.25, 0.3) is 0 Å². The molecule has 0 amide bonds. The quantitative estimate of drug-likeness (QED) is 0.560. The molecule has 1 aliphatic carbocycles. The maximum Gasteiger partial charge on any atom is -0.0269 e. The molecule has 3 atom stereocenters. The van der Waals surface area contributed by atoms with Gasteiger partial charge in [0.1, 0.15) is 0 Å². The Morgan fingerprint density at radius 3 is 2.08 bits per heavy atom. The van der Waals surface area contributed by atoms with E-state index in [1.807, 2.05) is 0 Å². The van der Waals surface area contributed by atoms with Crippen molar-refractivity contribution in [3.63, 3.8) is 0 Å². The van der Waals surface area contributed by atoms with Crippen LogP contribution in [0.3, 0.4) is 0 Å². The summed E-state index contributed by atoms with van der Waals surface area (Å²) in [6, 6.07) is 0. The van der Waals surface area contributed by atoms with Crippen molar-refractivity contribution in [3.8, 4) is 0 Å². The zero-order valence-corrected chi connectivity index (χ0v) is 10.3. The zero-order chi connectivity index (χ0) is 10.3. The molecule has 0 saturated heterocycles. The highest BCUT2D eigenvalue weighted by atomic mass is 14.5. The SMILES string of the molecule is CCC1(C)C(C)CCC1C(C)(C)C. The van der Waals surface area contributed by atoms with Crippen LogP contribution in [-0.4, -0.2) is 0 Å². The number of hydrogen-bond donors (Lipinski definition) is 0. The van der Waals surface area contributed by atoms with Gasteiger partial charge in [0.15, 0.2) is 0 Å². The second kappa shape index (κ2) is 3.29. The van der Waals surface area contributed by atoms with E-state index >= 15 is 0 Å². The summed E-state index contributed by atoms with van der Waals surface area (Å²) in [5, 5.41) is 0. The molecule has 0 bridgehead atoms. The molecule has 0 radical (unpaired) electrons. The molecule has 13 heavy (non-hydrogen) atoms. The topological polar surface area (TPSA) is 0 Å². The van der Waals surface area contributed by atoms with Gasteiger partial charge in [-0.2, -0.15) is 0 Å². The van der Waals surface area contributed by atoms with Crippen molar-refractivity contribution >= 4 is 0 Å². The molecule has 78 valence electrons. The van der Waals surface area contributed by atoms with Crippen LogP contribution >= 0.6 is 0 Å². The third kappa shape index (κ3) is 1.78. The molecule has 0 heterocycles. The van der Waals surface area contributed by atoms with Gasteiger partial charge >= 0.3 is 0 Å². The molecular weight excluding hydrogens is 156 g/mol. The molecule has 0 aromatic carbocycles. The normalized spacial score (nSPS) is 41.1. The molecule has 0 N–H and O–H groups in total. The smallest absolute Gasteiger partial charge is 0.0269 e. The first kappa shape index (κ1) is 11.1. The average Bonchev–Trinajstić information content (AvgIpc) is 2.28. The summed E-state index contributed by atoms with van der Waals surface area (Å²) >= 11 is 0. The van der Waals surface area contributed by atoms with Gasteiger partial charge in [0.2, 0.25) is 0 Å². The first-order valence-corrected chi connectivity index (χ1v) is 5.82. The molecule has 0 aromatic heterocycles. The van der Waals surface area contributed by atoms with Crippen LogP contribution < -0.4 is 0 Å². The van der Waals surface area contributed by atoms with E-state index in [0.717, 1.165) is 11.8 Å². The van der Waals surface area contributed by atoms with Crippen LogP contribution in [0.5, 0.6) is 0 Å². The number of hydrogen-bond acceptors (Lipinski definition) is 0. The summed E-state index contributed by atoms with van der Waals surface area (Å²) in [4.78, 5) is 0. The van der Waals surface area contributed by atoms with Crippen LogP contribution in [0.4, 0.5) is 0 Å². The van der Waals surface area contributed by atoms with E-state index in [-0.39, 0.29) is 0 Å². The molecule has 0 aromatic rings. The van der Waals surface area contributed by atoms with E-state index in [0.29, 0.717) is 10.8 Å². The Morgan fingerprint density at radius 1 is 1.23 bits per heavy atom. The highest BCUT2D eigenvalue weighted by Crippen LogP contribution is 2.56. The van der Waals surface area contributed by atoms with Gasteiger partial charge in [-0.25, -0.2) is 0 Å². The van der Waals surface area contributed by atoms with Crippen LogP contribution in [-0.2, 0) is 0 Å². The predicted octanol–water partition coefficient (Wildman–Crippen LogP) is 4.49. The summed E-state index contributed by atoms with van der Waals surface area (Å²) in [6.45, 7) is 14.5. The molecule has 1 saturated carbocycles. The molecular formula is C13H26. The highest BCUT2D eigenvalue weighted by Gasteiger charge is 2.47. The van der Waals surface area contributed by atoms with E-state index in [1.165, 1.54) is 19.3 Å². The minimum Gasteiger partial charge on any atom is -0.0648 e. The first-order chi connectivity index (χ1) is 5.82. The van der Waals surface area contributed by atoms with Gasteiger partial charge in [0.25, 0.3) is 0 Å². The van der Waals surface area contributed by atoms with Gasteiger partial charge in [0.05, 0.1) is 0 Å². The minimum atomic E-state index is 0.496. The highest BCUT2D eigenvalue weighted by molar-refractivity contribution is 4.96. The van der Waals surface area contributed by atoms with Crippen LogP contribution in [0, 0.1) is 22.7 Å². The Kier molecular flexibility index (Phi) is 2.81. The maximum absolute atomic E-state index is 2.50. The van der Waals surface area contributed by atoms with Crippen molar-refractivity contribution in [1.29, 1.82) is 0 Å². The van der Waals surface area contributed by atoms with E-state index in [1.54, 1.807) is 0 Å². The summed E-state index contributed by atoms with van der Waals surface area (Å²) in [5.41, 5.74) is 1.09. The molecule has 0 spiro atoms. The molecule has 1 aliphatic rings. The fourth-order valence-corrected chi connectivity index (χ4v) is 3.44. The third-order valence-corrected chi connectivity index (χ3v) is 4.62. The van der Waals surface area contributed by atoms with E-state index < -0.39 is 0 Å². The minimum absolute atomic E-state index is 0.496. The van der Waals surface area contributed by atoms with Crippen molar-refractivity contribution in [2.24, 2.45) is 22.7 Å². The fourth-order valence-electron chi connectivity index (χ4n) is 3.44. The largest absolute Gasteiger partial charge is 0.0648 e. The van der Waals surface area contributed by atoms with Crippen LogP contribution in [0.1, 0.15) is 60.8 Å². The van der Waals surface area contributed by atoms with Crippen molar-refractivity contribution in [3.05, 3.63) is 0 Å². The molecule has 0 heteroatoms.